The van der Waals surface area contributed by atoms with Crippen LogP contribution in [0.1, 0.15) is 24.2 Å². The summed E-state index contributed by atoms with van der Waals surface area (Å²) in [4.78, 5) is 14.2. The van der Waals surface area contributed by atoms with E-state index in [1.807, 2.05) is 36.7 Å². The topological polar surface area (TPSA) is 52.6 Å². The summed E-state index contributed by atoms with van der Waals surface area (Å²) in [7, 11) is 3.97. The number of carbonyl (C=O) groups excluding carboxylic acids is 1. The third-order valence-electron chi connectivity index (χ3n) is 2.89. The molecule has 0 aliphatic carbocycles. The quantitative estimate of drug-likeness (QED) is 0.776. The summed E-state index contributed by atoms with van der Waals surface area (Å²) in [5.41, 5.74) is 0.488. The molecule has 1 amide bonds. The van der Waals surface area contributed by atoms with Crippen molar-refractivity contribution in [1.29, 1.82) is 0 Å². The normalized spacial score (nSPS) is 12.8. The number of rotatable bonds is 5. The molecule has 0 aliphatic rings. The van der Waals surface area contributed by atoms with E-state index in [1.54, 1.807) is 12.1 Å². The van der Waals surface area contributed by atoms with E-state index in [-0.39, 0.29) is 17.7 Å². The second-order valence-electron chi connectivity index (χ2n) is 5.25. The van der Waals surface area contributed by atoms with Crippen molar-refractivity contribution < 1.29 is 9.90 Å². The fourth-order valence-corrected chi connectivity index (χ4v) is 2.06. The first-order valence-corrected chi connectivity index (χ1v) is 7.33. The van der Waals surface area contributed by atoms with Gasteiger partial charge < -0.3 is 15.3 Å². The number of phenolic OH excluding ortho intramolecular Hbond substituents is 1. The summed E-state index contributed by atoms with van der Waals surface area (Å²) >= 11 is 2.03. The maximum absolute atomic E-state index is 12.2. The van der Waals surface area contributed by atoms with E-state index in [9.17, 15) is 9.90 Å². The van der Waals surface area contributed by atoms with Crippen LogP contribution in [0.2, 0.25) is 0 Å². The number of halogens is 1. The van der Waals surface area contributed by atoms with Crippen molar-refractivity contribution in [1.82, 2.24) is 10.2 Å². The van der Waals surface area contributed by atoms with Gasteiger partial charge in [0.05, 0.1) is 3.57 Å². The van der Waals surface area contributed by atoms with Crippen LogP contribution < -0.4 is 5.32 Å². The van der Waals surface area contributed by atoms with Crippen LogP contribution in [-0.4, -0.2) is 42.6 Å². The standard InChI is InChI=1S/C14H21IN2O2/c1-9(2)12(8-17(3)4)16-14(19)10-5-6-11(15)13(18)7-10/h5-7,9,12,18H,8H2,1-4H3,(H,16,19). The summed E-state index contributed by atoms with van der Waals surface area (Å²) < 4.78 is 0.739. The number of phenols is 1. The van der Waals surface area contributed by atoms with Gasteiger partial charge in [-0.1, -0.05) is 13.8 Å². The molecule has 0 heterocycles. The van der Waals surface area contributed by atoms with Crippen molar-refractivity contribution in [3.63, 3.8) is 0 Å². The van der Waals surface area contributed by atoms with Gasteiger partial charge in [0, 0.05) is 18.2 Å². The van der Waals surface area contributed by atoms with Crippen LogP contribution in [0.15, 0.2) is 18.2 Å². The molecule has 0 radical (unpaired) electrons. The van der Waals surface area contributed by atoms with E-state index >= 15 is 0 Å². The van der Waals surface area contributed by atoms with Gasteiger partial charge in [0.25, 0.3) is 5.91 Å². The highest BCUT2D eigenvalue weighted by Crippen LogP contribution is 2.20. The van der Waals surface area contributed by atoms with Crippen molar-refractivity contribution in [3.05, 3.63) is 27.3 Å². The lowest BCUT2D eigenvalue weighted by atomic mass is 10.0. The first kappa shape index (κ1) is 16.2. The van der Waals surface area contributed by atoms with Crippen molar-refractivity contribution in [2.45, 2.75) is 19.9 Å². The van der Waals surface area contributed by atoms with Crippen LogP contribution in [-0.2, 0) is 0 Å². The zero-order valence-electron chi connectivity index (χ0n) is 11.8. The largest absolute Gasteiger partial charge is 0.507 e. The first-order valence-electron chi connectivity index (χ1n) is 6.25. The lowest BCUT2D eigenvalue weighted by molar-refractivity contribution is 0.0916. The Morgan fingerprint density at radius 1 is 1.42 bits per heavy atom. The third-order valence-corrected chi connectivity index (χ3v) is 3.80. The fourth-order valence-electron chi connectivity index (χ4n) is 1.72. The van der Waals surface area contributed by atoms with Crippen molar-refractivity contribution >= 4 is 28.5 Å². The van der Waals surface area contributed by atoms with E-state index in [1.165, 1.54) is 6.07 Å². The second kappa shape index (κ2) is 7.09. The fraction of sp³-hybridized carbons (Fsp3) is 0.500. The predicted octanol–water partition coefficient (Wildman–Crippen LogP) is 2.31. The van der Waals surface area contributed by atoms with Gasteiger partial charge in [0.2, 0.25) is 0 Å². The van der Waals surface area contributed by atoms with Crippen molar-refractivity contribution in [2.75, 3.05) is 20.6 Å². The highest BCUT2D eigenvalue weighted by molar-refractivity contribution is 14.1. The number of hydrogen-bond donors (Lipinski definition) is 2. The summed E-state index contributed by atoms with van der Waals surface area (Å²) in [6, 6.07) is 5.05. The molecule has 1 rings (SSSR count). The molecule has 0 spiro atoms. The SMILES string of the molecule is CC(C)C(CN(C)C)NC(=O)c1ccc(I)c(O)c1. The van der Waals surface area contributed by atoms with Gasteiger partial charge in [0.1, 0.15) is 5.75 Å². The average molecular weight is 376 g/mol. The molecular weight excluding hydrogens is 355 g/mol. The molecule has 4 nitrogen and oxygen atoms in total. The first-order chi connectivity index (χ1) is 8.81. The van der Waals surface area contributed by atoms with Crippen LogP contribution in [0, 0.1) is 9.49 Å². The van der Waals surface area contributed by atoms with Crippen LogP contribution in [0.4, 0.5) is 0 Å². The molecule has 106 valence electrons. The Morgan fingerprint density at radius 2 is 2.05 bits per heavy atom. The van der Waals surface area contributed by atoms with Crippen molar-refractivity contribution in [3.8, 4) is 5.75 Å². The van der Waals surface area contributed by atoms with E-state index < -0.39 is 0 Å². The second-order valence-corrected chi connectivity index (χ2v) is 6.41. The molecule has 0 aromatic heterocycles. The molecule has 1 aromatic rings. The maximum atomic E-state index is 12.2. The highest BCUT2D eigenvalue weighted by Gasteiger charge is 2.18. The molecule has 0 saturated heterocycles. The Morgan fingerprint density at radius 3 is 2.53 bits per heavy atom. The molecule has 5 heteroatoms. The van der Waals surface area contributed by atoms with Gasteiger partial charge in [0.15, 0.2) is 0 Å². The molecular formula is C14H21IN2O2. The number of amides is 1. The van der Waals surface area contributed by atoms with Crippen LogP contribution >= 0.6 is 22.6 Å². The Labute approximate surface area is 128 Å². The average Bonchev–Trinajstić information content (AvgIpc) is 2.31. The molecule has 0 aliphatic heterocycles. The van der Waals surface area contributed by atoms with Gasteiger partial charge in [-0.3, -0.25) is 4.79 Å². The lowest BCUT2D eigenvalue weighted by Gasteiger charge is -2.25. The van der Waals surface area contributed by atoms with Crippen LogP contribution in [0.5, 0.6) is 5.75 Å². The van der Waals surface area contributed by atoms with Crippen LogP contribution in [0.25, 0.3) is 0 Å². The van der Waals surface area contributed by atoms with E-state index in [0.29, 0.717) is 11.5 Å². The number of likely N-dealkylation sites (N-methyl/N-ethyl adjacent to an activating group) is 1. The number of benzene rings is 1. The molecule has 1 unspecified atom stereocenters. The number of nitrogens with zero attached hydrogens (tertiary/aromatic N) is 1. The van der Waals surface area contributed by atoms with Gasteiger partial charge in [-0.25, -0.2) is 0 Å². The van der Waals surface area contributed by atoms with Gasteiger partial charge in [-0.2, -0.15) is 0 Å². The molecule has 2 N–H and O–H groups in total. The Kier molecular flexibility index (Phi) is 6.06. The monoisotopic (exact) mass is 376 g/mol. The summed E-state index contributed by atoms with van der Waals surface area (Å²) in [6.07, 6.45) is 0. The minimum atomic E-state index is -0.146. The minimum absolute atomic E-state index is 0.0870. The molecule has 0 bridgehead atoms. The van der Waals surface area contributed by atoms with E-state index in [2.05, 4.69) is 24.1 Å². The van der Waals surface area contributed by atoms with Gasteiger partial charge in [-0.15, -0.1) is 0 Å². The number of nitrogens with one attached hydrogen (secondary N) is 1. The van der Waals surface area contributed by atoms with E-state index in [4.69, 9.17) is 0 Å². The molecule has 0 saturated carbocycles. The predicted molar refractivity (Wildman–Crippen MR) is 85.5 cm³/mol. The summed E-state index contributed by atoms with van der Waals surface area (Å²) in [5.74, 6) is 0.345. The Hall–Kier alpha value is -0.820. The molecule has 19 heavy (non-hydrogen) atoms. The summed E-state index contributed by atoms with van der Waals surface area (Å²) in [6.45, 7) is 4.96. The zero-order chi connectivity index (χ0) is 14.6. The smallest absolute Gasteiger partial charge is 0.251 e. The van der Waals surface area contributed by atoms with Crippen molar-refractivity contribution in [2.24, 2.45) is 5.92 Å². The van der Waals surface area contributed by atoms with Gasteiger partial charge >= 0.3 is 0 Å². The molecule has 0 fully saturated rings. The molecule has 1 atom stereocenters. The molecule has 1 aromatic carbocycles. The summed E-state index contributed by atoms with van der Waals surface area (Å²) in [5, 5.41) is 12.7. The lowest BCUT2D eigenvalue weighted by Crippen LogP contribution is -2.45. The van der Waals surface area contributed by atoms with E-state index in [0.717, 1.165) is 10.1 Å². The minimum Gasteiger partial charge on any atom is -0.507 e. The van der Waals surface area contributed by atoms with Gasteiger partial charge in [-0.05, 0) is 60.8 Å². The zero-order valence-corrected chi connectivity index (χ0v) is 13.9. The third kappa shape index (κ3) is 4.99. The number of hydrogen-bond acceptors (Lipinski definition) is 3. The van der Waals surface area contributed by atoms with Crippen LogP contribution in [0.3, 0.4) is 0 Å². The number of carbonyl (C=O) groups is 1. The maximum Gasteiger partial charge on any atom is 0.251 e. The Balaban J connectivity index is 2.78. The highest BCUT2D eigenvalue weighted by atomic mass is 127. The number of aromatic hydroxyl groups is 1. The Bertz CT molecular complexity index is 447.